The fourth-order valence-corrected chi connectivity index (χ4v) is 5.17. The van der Waals surface area contributed by atoms with E-state index < -0.39 is 34.1 Å². The molecule has 0 aliphatic rings. The van der Waals surface area contributed by atoms with Crippen LogP contribution in [-0.2, 0) is 32.6 Å². The number of amides is 2. The van der Waals surface area contributed by atoms with Crippen molar-refractivity contribution in [2.24, 2.45) is 0 Å². The van der Waals surface area contributed by atoms with Crippen molar-refractivity contribution in [3.05, 3.63) is 100 Å². The minimum atomic E-state index is -3.90. The molecule has 0 unspecified atom stereocenters. The Labute approximate surface area is 240 Å². The Hall–Kier alpha value is -3.07. The molecule has 0 aromatic heterocycles. The van der Waals surface area contributed by atoms with Crippen LogP contribution in [0.25, 0.3) is 0 Å². The van der Waals surface area contributed by atoms with Crippen LogP contribution >= 0.6 is 23.2 Å². The Kier molecular flexibility index (Phi) is 10.0. The Morgan fingerprint density at radius 1 is 0.872 bits per heavy atom. The summed E-state index contributed by atoms with van der Waals surface area (Å²) in [5, 5.41) is 3.41. The molecule has 0 spiro atoms. The van der Waals surface area contributed by atoms with Crippen molar-refractivity contribution in [2.75, 3.05) is 17.1 Å². The first-order valence-electron chi connectivity index (χ1n) is 12.4. The van der Waals surface area contributed by atoms with E-state index in [-0.39, 0.29) is 34.6 Å². The van der Waals surface area contributed by atoms with E-state index >= 15 is 0 Å². The van der Waals surface area contributed by atoms with Crippen molar-refractivity contribution < 1.29 is 18.0 Å². The van der Waals surface area contributed by atoms with Gasteiger partial charge in [-0.3, -0.25) is 13.9 Å². The maximum Gasteiger partial charge on any atom is 0.244 e. The number of hydrogen-bond donors (Lipinski definition) is 1. The first-order valence-corrected chi connectivity index (χ1v) is 15.0. The molecule has 0 aliphatic carbocycles. The molecule has 0 saturated carbocycles. The molecule has 39 heavy (non-hydrogen) atoms. The number of nitrogens with one attached hydrogen (secondary N) is 1. The predicted molar refractivity (Wildman–Crippen MR) is 157 cm³/mol. The van der Waals surface area contributed by atoms with Crippen LogP contribution in [0.2, 0.25) is 10.0 Å². The molecule has 208 valence electrons. The second-order valence-corrected chi connectivity index (χ2v) is 13.0. The SMILES string of the molecule is CC(C)(C)NC(=O)[C@H](Cc1ccccc1)N(Cc1ccccc1)C(=O)CN(c1ccc(Cl)c(Cl)c1)S(C)(=O)=O. The Bertz CT molecular complexity index is 1400. The molecule has 10 heteroatoms. The van der Waals surface area contributed by atoms with E-state index in [0.29, 0.717) is 0 Å². The van der Waals surface area contributed by atoms with Crippen LogP contribution in [0.5, 0.6) is 0 Å². The third kappa shape index (κ3) is 8.98. The van der Waals surface area contributed by atoms with Crippen LogP contribution in [0.1, 0.15) is 31.9 Å². The van der Waals surface area contributed by atoms with Gasteiger partial charge in [-0.15, -0.1) is 0 Å². The van der Waals surface area contributed by atoms with Gasteiger partial charge in [0, 0.05) is 18.5 Å². The number of anilines is 1. The first-order chi connectivity index (χ1) is 18.2. The average Bonchev–Trinajstić information content (AvgIpc) is 2.86. The molecule has 2 amide bonds. The number of rotatable bonds is 10. The number of sulfonamides is 1. The lowest BCUT2D eigenvalue weighted by Gasteiger charge is -2.35. The van der Waals surface area contributed by atoms with E-state index in [4.69, 9.17) is 23.2 Å². The third-order valence-corrected chi connectivity index (χ3v) is 7.72. The summed E-state index contributed by atoms with van der Waals surface area (Å²) < 4.78 is 26.6. The largest absolute Gasteiger partial charge is 0.350 e. The zero-order chi connectivity index (χ0) is 28.8. The lowest BCUT2D eigenvalue weighted by molar-refractivity contribution is -0.140. The van der Waals surface area contributed by atoms with Gasteiger partial charge in [0.25, 0.3) is 0 Å². The van der Waals surface area contributed by atoms with Crippen LogP contribution in [-0.4, -0.2) is 49.5 Å². The van der Waals surface area contributed by atoms with E-state index in [9.17, 15) is 18.0 Å². The summed E-state index contributed by atoms with van der Waals surface area (Å²) in [5.74, 6) is -0.878. The summed E-state index contributed by atoms with van der Waals surface area (Å²) >= 11 is 12.2. The van der Waals surface area contributed by atoms with Gasteiger partial charge in [0.2, 0.25) is 21.8 Å². The molecule has 0 aliphatic heterocycles. The van der Waals surface area contributed by atoms with Gasteiger partial charge < -0.3 is 10.2 Å². The van der Waals surface area contributed by atoms with Crippen molar-refractivity contribution in [1.82, 2.24) is 10.2 Å². The Morgan fingerprint density at radius 2 is 1.44 bits per heavy atom. The summed E-state index contributed by atoms with van der Waals surface area (Å²) in [4.78, 5) is 29.1. The normalized spacial score (nSPS) is 12.5. The second-order valence-electron chi connectivity index (χ2n) is 10.3. The molecular formula is C29H33Cl2N3O4S. The highest BCUT2D eigenvalue weighted by atomic mass is 35.5. The molecule has 0 fully saturated rings. The van der Waals surface area contributed by atoms with Gasteiger partial charge in [-0.05, 0) is 50.1 Å². The summed E-state index contributed by atoms with van der Waals surface area (Å²) in [6.07, 6.45) is 1.26. The number of nitrogens with zero attached hydrogens (tertiary/aromatic N) is 2. The second kappa shape index (κ2) is 12.9. The summed E-state index contributed by atoms with van der Waals surface area (Å²) in [6, 6.07) is 22.1. The number of benzene rings is 3. The first kappa shape index (κ1) is 30.5. The molecule has 0 heterocycles. The zero-order valence-corrected chi connectivity index (χ0v) is 24.7. The smallest absolute Gasteiger partial charge is 0.244 e. The fraction of sp³-hybridized carbons (Fsp3) is 0.310. The Morgan fingerprint density at radius 3 is 1.95 bits per heavy atom. The van der Waals surface area contributed by atoms with Gasteiger partial charge in [0.15, 0.2) is 0 Å². The number of hydrogen-bond acceptors (Lipinski definition) is 4. The van der Waals surface area contributed by atoms with Crippen LogP contribution < -0.4 is 9.62 Å². The molecule has 3 aromatic rings. The van der Waals surface area contributed by atoms with Crippen molar-refractivity contribution in [1.29, 1.82) is 0 Å². The average molecular weight is 591 g/mol. The highest BCUT2D eigenvalue weighted by Crippen LogP contribution is 2.29. The lowest BCUT2D eigenvalue weighted by Crippen LogP contribution is -2.56. The van der Waals surface area contributed by atoms with Crippen molar-refractivity contribution in [2.45, 2.75) is 45.3 Å². The van der Waals surface area contributed by atoms with Gasteiger partial charge in [-0.2, -0.15) is 0 Å². The van der Waals surface area contributed by atoms with Gasteiger partial charge in [0.05, 0.1) is 22.0 Å². The van der Waals surface area contributed by atoms with Crippen molar-refractivity contribution >= 4 is 50.7 Å². The minimum Gasteiger partial charge on any atom is -0.350 e. The molecule has 0 radical (unpaired) electrons. The van der Waals surface area contributed by atoms with E-state index in [1.807, 2.05) is 81.4 Å². The van der Waals surface area contributed by atoms with Crippen LogP contribution in [0, 0.1) is 0 Å². The van der Waals surface area contributed by atoms with Crippen molar-refractivity contribution in [3.63, 3.8) is 0 Å². The molecule has 1 N–H and O–H groups in total. The molecule has 3 aromatic carbocycles. The highest BCUT2D eigenvalue weighted by Gasteiger charge is 2.34. The van der Waals surface area contributed by atoms with Crippen LogP contribution in [0.3, 0.4) is 0 Å². The van der Waals surface area contributed by atoms with E-state index in [1.54, 1.807) is 0 Å². The highest BCUT2D eigenvalue weighted by molar-refractivity contribution is 7.92. The minimum absolute atomic E-state index is 0.105. The monoisotopic (exact) mass is 589 g/mol. The van der Waals surface area contributed by atoms with Crippen LogP contribution in [0.15, 0.2) is 78.9 Å². The number of halogens is 2. The molecule has 1 atom stereocenters. The standard InChI is InChI=1S/C29H33Cl2N3O4S/c1-29(2,3)32-28(36)26(17-21-11-7-5-8-12-21)33(19-22-13-9-6-10-14-22)27(35)20-34(39(4,37)38)23-15-16-24(30)25(31)18-23/h5-16,18,26H,17,19-20H2,1-4H3,(H,32,36)/t26-/m0/s1. The molecule has 0 bridgehead atoms. The summed E-state index contributed by atoms with van der Waals surface area (Å²) in [5.41, 5.74) is 1.31. The molecule has 7 nitrogen and oxygen atoms in total. The quantitative estimate of drug-likeness (QED) is 0.347. The van der Waals surface area contributed by atoms with E-state index in [2.05, 4.69) is 5.32 Å². The third-order valence-electron chi connectivity index (χ3n) is 5.84. The van der Waals surface area contributed by atoms with Gasteiger partial charge in [0.1, 0.15) is 12.6 Å². The lowest BCUT2D eigenvalue weighted by atomic mass is 10.0. The molecule has 3 rings (SSSR count). The van der Waals surface area contributed by atoms with Crippen LogP contribution in [0.4, 0.5) is 5.69 Å². The summed E-state index contributed by atoms with van der Waals surface area (Å²) in [7, 11) is -3.90. The maximum atomic E-state index is 14.0. The van der Waals surface area contributed by atoms with Gasteiger partial charge in [-0.25, -0.2) is 8.42 Å². The number of carbonyl (C=O) groups excluding carboxylic acids is 2. The summed E-state index contributed by atoms with van der Waals surface area (Å²) in [6.45, 7) is 5.17. The van der Waals surface area contributed by atoms with Gasteiger partial charge in [-0.1, -0.05) is 83.9 Å². The number of carbonyl (C=O) groups is 2. The van der Waals surface area contributed by atoms with Gasteiger partial charge >= 0.3 is 0 Å². The van der Waals surface area contributed by atoms with E-state index in [0.717, 1.165) is 21.7 Å². The van der Waals surface area contributed by atoms with Crippen molar-refractivity contribution in [3.8, 4) is 0 Å². The topological polar surface area (TPSA) is 86.8 Å². The Balaban J connectivity index is 2.06. The maximum absolute atomic E-state index is 14.0. The fourth-order valence-electron chi connectivity index (χ4n) is 4.04. The molecule has 0 saturated heterocycles. The predicted octanol–water partition coefficient (Wildman–Crippen LogP) is 5.31. The molecular weight excluding hydrogens is 557 g/mol. The van der Waals surface area contributed by atoms with E-state index in [1.165, 1.54) is 23.1 Å². The zero-order valence-electron chi connectivity index (χ0n) is 22.4.